The molecule has 0 radical (unpaired) electrons. The van der Waals surface area contributed by atoms with Crippen molar-refractivity contribution in [2.24, 2.45) is 0 Å². The lowest BCUT2D eigenvalue weighted by molar-refractivity contribution is -0.146. The molecule has 5 heteroatoms. The van der Waals surface area contributed by atoms with Crippen molar-refractivity contribution in [1.29, 1.82) is 0 Å². The minimum Gasteiger partial charge on any atom is -0.485 e. The van der Waals surface area contributed by atoms with Crippen LogP contribution in [0.15, 0.2) is 24.3 Å². The number of hydrogen-bond donors (Lipinski definition) is 1. The third-order valence-corrected chi connectivity index (χ3v) is 3.90. The van der Waals surface area contributed by atoms with E-state index in [1.54, 1.807) is 11.0 Å². The van der Waals surface area contributed by atoms with Crippen LogP contribution in [0, 0.1) is 0 Å². The number of likely N-dealkylation sites (tertiary alicyclic amines) is 1. The molecule has 1 fully saturated rings. The summed E-state index contributed by atoms with van der Waals surface area (Å²) in [5.74, 6) is 1.20. The highest BCUT2D eigenvalue weighted by atomic mass is 16.6. The van der Waals surface area contributed by atoms with E-state index in [2.05, 4.69) is 0 Å². The zero-order valence-corrected chi connectivity index (χ0v) is 11.3. The molecule has 0 spiro atoms. The monoisotopic (exact) mass is 277 g/mol. The number of carbonyl (C=O) groups excluding carboxylic acids is 1. The third kappa shape index (κ3) is 2.45. The molecule has 0 unspecified atom stereocenters. The Bertz CT molecular complexity index is 491. The van der Waals surface area contributed by atoms with Gasteiger partial charge in [-0.05, 0) is 31.4 Å². The van der Waals surface area contributed by atoms with Gasteiger partial charge in [0.25, 0.3) is 5.91 Å². The van der Waals surface area contributed by atoms with Crippen LogP contribution in [0.25, 0.3) is 0 Å². The highest BCUT2D eigenvalue weighted by Crippen LogP contribution is 2.31. The fourth-order valence-corrected chi connectivity index (χ4v) is 2.81. The molecule has 1 saturated heterocycles. The first-order valence-corrected chi connectivity index (χ1v) is 7.09. The van der Waals surface area contributed by atoms with E-state index < -0.39 is 6.10 Å². The van der Waals surface area contributed by atoms with Gasteiger partial charge in [0.2, 0.25) is 6.10 Å². The van der Waals surface area contributed by atoms with E-state index in [0.29, 0.717) is 18.0 Å². The average Bonchev–Trinajstić information content (AvgIpc) is 2.53. The van der Waals surface area contributed by atoms with Gasteiger partial charge >= 0.3 is 0 Å². The van der Waals surface area contributed by atoms with Gasteiger partial charge in [-0.2, -0.15) is 0 Å². The van der Waals surface area contributed by atoms with Crippen molar-refractivity contribution in [3.05, 3.63) is 24.3 Å². The molecule has 0 saturated carbocycles. The van der Waals surface area contributed by atoms with Gasteiger partial charge in [0.15, 0.2) is 11.5 Å². The van der Waals surface area contributed by atoms with Crippen LogP contribution in [0.2, 0.25) is 0 Å². The number of aliphatic hydroxyl groups is 1. The second-order valence-corrected chi connectivity index (χ2v) is 5.23. The quantitative estimate of drug-likeness (QED) is 0.882. The Labute approximate surface area is 118 Å². The molecule has 3 rings (SSSR count). The van der Waals surface area contributed by atoms with Crippen molar-refractivity contribution < 1.29 is 19.4 Å². The number of ether oxygens (including phenoxy) is 2. The maximum absolute atomic E-state index is 12.5. The number of fused-ring (bicyclic) bond motifs is 1. The third-order valence-electron chi connectivity index (χ3n) is 3.90. The average molecular weight is 277 g/mol. The molecule has 0 bridgehead atoms. The first-order valence-electron chi connectivity index (χ1n) is 7.09. The van der Waals surface area contributed by atoms with E-state index in [4.69, 9.17) is 9.47 Å². The summed E-state index contributed by atoms with van der Waals surface area (Å²) in [5.41, 5.74) is 0. The van der Waals surface area contributed by atoms with Crippen LogP contribution in [0.4, 0.5) is 0 Å². The number of rotatable bonds is 2. The fraction of sp³-hybridized carbons (Fsp3) is 0.533. The van der Waals surface area contributed by atoms with Crippen molar-refractivity contribution in [1.82, 2.24) is 4.90 Å². The smallest absolute Gasteiger partial charge is 0.267 e. The molecule has 5 nitrogen and oxygen atoms in total. The van der Waals surface area contributed by atoms with Crippen LogP contribution >= 0.6 is 0 Å². The first-order chi connectivity index (χ1) is 9.79. The largest absolute Gasteiger partial charge is 0.485 e. The molecule has 1 N–H and O–H groups in total. The molecule has 20 heavy (non-hydrogen) atoms. The maximum Gasteiger partial charge on any atom is 0.267 e. The second-order valence-electron chi connectivity index (χ2n) is 5.23. The number of piperidine rings is 1. The van der Waals surface area contributed by atoms with E-state index >= 15 is 0 Å². The summed E-state index contributed by atoms with van der Waals surface area (Å²) in [4.78, 5) is 14.3. The maximum atomic E-state index is 12.5. The number of para-hydroxylation sites is 2. The van der Waals surface area contributed by atoms with Crippen LogP contribution < -0.4 is 9.47 Å². The second kappa shape index (κ2) is 5.71. The Hall–Kier alpha value is -1.75. The van der Waals surface area contributed by atoms with E-state index in [1.165, 1.54) is 0 Å². The summed E-state index contributed by atoms with van der Waals surface area (Å²) >= 11 is 0. The Morgan fingerprint density at radius 3 is 2.90 bits per heavy atom. The molecule has 108 valence electrons. The van der Waals surface area contributed by atoms with Crippen molar-refractivity contribution in [2.45, 2.75) is 31.4 Å². The highest BCUT2D eigenvalue weighted by molar-refractivity contribution is 5.82. The highest BCUT2D eigenvalue weighted by Gasteiger charge is 2.35. The zero-order valence-electron chi connectivity index (χ0n) is 11.3. The molecule has 1 aromatic carbocycles. The number of aliphatic hydroxyl groups excluding tert-OH is 1. The van der Waals surface area contributed by atoms with Gasteiger partial charge in [0.05, 0.1) is 12.6 Å². The van der Waals surface area contributed by atoms with Crippen LogP contribution in [0.1, 0.15) is 19.3 Å². The van der Waals surface area contributed by atoms with E-state index in [1.807, 2.05) is 18.2 Å². The Morgan fingerprint density at radius 1 is 1.30 bits per heavy atom. The molecule has 0 aliphatic carbocycles. The standard InChI is InChI=1S/C15H19NO4/c17-9-11-5-3-4-8-16(11)15(18)14-10-19-12-6-1-2-7-13(12)20-14/h1-2,6-7,11,14,17H,3-5,8-10H2/t11-,14-/m1/s1. The van der Waals surface area contributed by atoms with Crippen molar-refractivity contribution in [3.63, 3.8) is 0 Å². The molecule has 1 aromatic rings. The van der Waals surface area contributed by atoms with Gasteiger partial charge in [-0.1, -0.05) is 12.1 Å². The number of carbonyl (C=O) groups is 1. The van der Waals surface area contributed by atoms with Gasteiger partial charge in [0, 0.05) is 6.54 Å². The van der Waals surface area contributed by atoms with Crippen LogP contribution in [-0.2, 0) is 4.79 Å². The van der Waals surface area contributed by atoms with Gasteiger partial charge < -0.3 is 19.5 Å². The van der Waals surface area contributed by atoms with Gasteiger partial charge in [-0.25, -0.2) is 0 Å². The van der Waals surface area contributed by atoms with Crippen LogP contribution in [0.5, 0.6) is 11.5 Å². The van der Waals surface area contributed by atoms with Crippen molar-refractivity contribution >= 4 is 5.91 Å². The Balaban J connectivity index is 1.72. The summed E-state index contributed by atoms with van der Waals surface area (Å²) in [7, 11) is 0. The molecule has 2 atom stereocenters. The van der Waals surface area contributed by atoms with Crippen molar-refractivity contribution in [3.8, 4) is 11.5 Å². The molecular weight excluding hydrogens is 258 g/mol. The molecular formula is C15H19NO4. The van der Waals surface area contributed by atoms with E-state index in [9.17, 15) is 9.90 Å². The van der Waals surface area contributed by atoms with Gasteiger partial charge in [-0.15, -0.1) is 0 Å². The summed E-state index contributed by atoms with van der Waals surface area (Å²) in [6.45, 7) is 0.923. The molecule has 2 aliphatic heterocycles. The molecule has 2 aliphatic rings. The fourth-order valence-electron chi connectivity index (χ4n) is 2.81. The first kappa shape index (κ1) is 13.2. The molecule has 0 aromatic heterocycles. The number of hydrogen-bond acceptors (Lipinski definition) is 4. The summed E-state index contributed by atoms with van der Waals surface area (Å²) in [5, 5.41) is 9.40. The zero-order chi connectivity index (χ0) is 13.9. The number of benzene rings is 1. The Morgan fingerprint density at radius 2 is 2.10 bits per heavy atom. The van der Waals surface area contributed by atoms with Crippen LogP contribution in [0.3, 0.4) is 0 Å². The normalized spacial score (nSPS) is 25.4. The molecule has 2 heterocycles. The number of amides is 1. The van der Waals surface area contributed by atoms with E-state index in [0.717, 1.165) is 19.3 Å². The van der Waals surface area contributed by atoms with Crippen molar-refractivity contribution in [2.75, 3.05) is 19.8 Å². The number of nitrogens with zero attached hydrogens (tertiary/aromatic N) is 1. The van der Waals surface area contributed by atoms with Crippen LogP contribution in [-0.4, -0.2) is 47.8 Å². The minimum absolute atomic E-state index is 0.00983. The summed E-state index contributed by atoms with van der Waals surface area (Å²) in [6, 6.07) is 7.27. The molecule has 1 amide bonds. The predicted octanol–water partition coefficient (Wildman–Crippen LogP) is 1.20. The topological polar surface area (TPSA) is 59.0 Å². The van der Waals surface area contributed by atoms with Gasteiger partial charge in [-0.3, -0.25) is 4.79 Å². The van der Waals surface area contributed by atoms with E-state index in [-0.39, 0.29) is 25.2 Å². The summed E-state index contributed by atoms with van der Waals surface area (Å²) in [6.07, 6.45) is 2.27. The summed E-state index contributed by atoms with van der Waals surface area (Å²) < 4.78 is 11.3. The lowest BCUT2D eigenvalue weighted by Crippen LogP contribution is -2.53. The lowest BCUT2D eigenvalue weighted by atomic mass is 10.0. The SMILES string of the molecule is O=C([C@H]1COc2ccccc2O1)N1CCCC[C@@H]1CO. The predicted molar refractivity (Wildman–Crippen MR) is 72.8 cm³/mol. The lowest BCUT2D eigenvalue weighted by Gasteiger charge is -2.37. The Kier molecular flexibility index (Phi) is 3.78. The minimum atomic E-state index is -0.614. The van der Waals surface area contributed by atoms with Gasteiger partial charge in [0.1, 0.15) is 6.61 Å².